The van der Waals surface area contributed by atoms with Crippen LogP contribution in [0.1, 0.15) is 15.9 Å². The number of aryl methyl sites for hydroxylation is 1. The molecule has 0 unspecified atom stereocenters. The van der Waals surface area contributed by atoms with Crippen LogP contribution in [0.3, 0.4) is 0 Å². The summed E-state index contributed by atoms with van der Waals surface area (Å²) in [5.74, 6) is 0.115. The van der Waals surface area contributed by atoms with Gasteiger partial charge >= 0.3 is 0 Å². The topological polar surface area (TPSA) is 64.3 Å². The van der Waals surface area contributed by atoms with E-state index in [4.69, 9.17) is 22.1 Å². The van der Waals surface area contributed by atoms with E-state index in [1.54, 1.807) is 24.3 Å². The first kappa shape index (κ1) is 15.7. The molecule has 0 aromatic heterocycles. The number of benzene rings is 2. The molecule has 0 aliphatic rings. The second-order valence-electron chi connectivity index (χ2n) is 4.49. The van der Waals surface area contributed by atoms with Crippen LogP contribution < -0.4 is 15.8 Å². The molecule has 4 nitrogen and oxygen atoms in total. The van der Waals surface area contributed by atoms with Crippen LogP contribution in [0.4, 0.5) is 11.4 Å². The monoisotopic (exact) mass is 368 g/mol. The lowest BCUT2D eigenvalue weighted by Crippen LogP contribution is -2.14. The van der Waals surface area contributed by atoms with E-state index >= 15 is 0 Å². The number of nitrogens with one attached hydrogen (secondary N) is 1. The summed E-state index contributed by atoms with van der Waals surface area (Å²) in [4.78, 5) is 12.4. The van der Waals surface area contributed by atoms with E-state index in [-0.39, 0.29) is 5.91 Å². The first-order chi connectivity index (χ1) is 9.92. The van der Waals surface area contributed by atoms with Crippen molar-refractivity contribution in [3.8, 4) is 5.75 Å². The molecule has 110 valence electrons. The number of nitrogen functional groups attached to an aromatic ring is 1. The minimum Gasteiger partial charge on any atom is -0.496 e. The van der Waals surface area contributed by atoms with Crippen molar-refractivity contribution in [2.45, 2.75) is 6.92 Å². The van der Waals surface area contributed by atoms with Gasteiger partial charge in [0, 0.05) is 15.2 Å². The fourth-order valence-corrected chi connectivity index (χ4v) is 2.55. The molecular formula is C15H14BrClN2O2. The molecule has 3 N–H and O–H groups in total. The van der Waals surface area contributed by atoms with E-state index in [1.807, 2.05) is 13.0 Å². The summed E-state index contributed by atoms with van der Waals surface area (Å²) >= 11 is 9.30. The van der Waals surface area contributed by atoms with Crippen LogP contribution in [0.15, 0.2) is 34.8 Å². The molecule has 0 saturated carbocycles. The van der Waals surface area contributed by atoms with Gasteiger partial charge in [-0.2, -0.15) is 0 Å². The van der Waals surface area contributed by atoms with Gasteiger partial charge in [0.25, 0.3) is 5.91 Å². The van der Waals surface area contributed by atoms with Crippen LogP contribution >= 0.6 is 27.5 Å². The highest BCUT2D eigenvalue weighted by Crippen LogP contribution is 2.29. The van der Waals surface area contributed by atoms with Crippen molar-refractivity contribution in [1.82, 2.24) is 0 Å². The molecule has 0 fully saturated rings. The van der Waals surface area contributed by atoms with Crippen LogP contribution in [0.25, 0.3) is 0 Å². The predicted octanol–water partition coefficient (Wildman–Crippen LogP) is 4.25. The van der Waals surface area contributed by atoms with Crippen molar-refractivity contribution >= 4 is 44.8 Å². The van der Waals surface area contributed by atoms with E-state index < -0.39 is 0 Å². The van der Waals surface area contributed by atoms with E-state index in [9.17, 15) is 4.79 Å². The fourth-order valence-electron chi connectivity index (χ4n) is 1.83. The van der Waals surface area contributed by atoms with Crippen molar-refractivity contribution in [3.63, 3.8) is 0 Å². The Balaban J connectivity index is 2.32. The van der Waals surface area contributed by atoms with E-state index in [0.717, 1.165) is 10.0 Å². The minimum absolute atomic E-state index is 0.299. The van der Waals surface area contributed by atoms with Gasteiger partial charge in [-0.05, 0) is 58.7 Å². The Morgan fingerprint density at radius 3 is 2.71 bits per heavy atom. The van der Waals surface area contributed by atoms with Crippen LogP contribution in [-0.2, 0) is 0 Å². The number of carbonyl (C=O) groups excluding carboxylic acids is 1. The average molecular weight is 370 g/mol. The Bertz CT molecular complexity index is 704. The zero-order chi connectivity index (χ0) is 15.6. The summed E-state index contributed by atoms with van der Waals surface area (Å²) in [6.07, 6.45) is 0. The SMILES string of the molecule is COc1cc(Cl)ccc1C(=O)Nc1cc(N)c(C)cc1Br. The zero-order valence-corrected chi connectivity index (χ0v) is 13.9. The first-order valence-electron chi connectivity index (χ1n) is 6.13. The molecule has 2 aromatic carbocycles. The summed E-state index contributed by atoms with van der Waals surface area (Å²) in [7, 11) is 1.49. The Kier molecular flexibility index (Phi) is 4.75. The second kappa shape index (κ2) is 6.37. The molecule has 2 aromatic rings. The van der Waals surface area contributed by atoms with Crippen molar-refractivity contribution in [2.75, 3.05) is 18.2 Å². The van der Waals surface area contributed by atoms with E-state index in [1.165, 1.54) is 7.11 Å². The summed E-state index contributed by atoms with van der Waals surface area (Å²) in [5.41, 5.74) is 8.40. The molecule has 6 heteroatoms. The molecular weight excluding hydrogens is 356 g/mol. The van der Waals surface area contributed by atoms with Gasteiger partial charge in [0.05, 0.1) is 18.4 Å². The van der Waals surface area contributed by atoms with Gasteiger partial charge in [0.2, 0.25) is 0 Å². The van der Waals surface area contributed by atoms with Gasteiger partial charge < -0.3 is 15.8 Å². The van der Waals surface area contributed by atoms with Crippen LogP contribution in [-0.4, -0.2) is 13.0 Å². The number of halogens is 2. The summed E-state index contributed by atoms with van der Waals surface area (Å²) in [6, 6.07) is 8.40. The average Bonchev–Trinajstić information content (AvgIpc) is 2.44. The third-order valence-corrected chi connectivity index (χ3v) is 3.90. The quantitative estimate of drug-likeness (QED) is 0.795. The van der Waals surface area contributed by atoms with Crippen molar-refractivity contribution in [2.24, 2.45) is 0 Å². The molecule has 0 atom stereocenters. The highest BCUT2D eigenvalue weighted by atomic mass is 79.9. The van der Waals surface area contributed by atoms with Gasteiger partial charge in [0.1, 0.15) is 5.75 Å². The third-order valence-electron chi connectivity index (χ3n) is 3.01. The van der Waals surface area contributed by atoms with Crippen molar-refractivity contribution < 1.29 is 9.53 Å². The summed E-state index contributed by atoms with van der Waals surface area (Å²) in [6.45, 7) is 1.90. The number of amides is 1. The highest BCUT2D eigenvalue weighted by molar-refractivity contribution is 9.10. The van der Waals surface area contributed by atoms with Crippen LogP contribution in [0.2, 0.25) is 5.02 Å². The van der Waals surface area contributed by atoms with Gasteiger partial charge in [-0.1, -0.05) is 11.6 Å². The second-order valence-corrected chi connectivity index (χ2v) is 5.78. The number of hydrogen-bond donors (Lipinski definition) is 2. The van der Waals surface area contributed by atoms with Gasteiger partial charge in [-0.25, -0.2) is 0 Å². The van der Waals surface area contributed by atoms with E-state index in [2.05, 4.69) is 21.2 Å². The van der Waals surface area contributed by atoms with E-state index in [0.29, 0.717) is 27.7 Å². The molecule has 0 saturated heterocycles. The van der Waals surface area contributed by atoms with Gasteiger partial charge in [-0.3, -0.25) is 4.79 Å². The minimum atomic E-state index is -0.299. The maximum absolute atomic E-state index is 12.4. The number of ether oxygens (including phenoxy) is 1. The Hall–Kier alpha value is -1.72. The number of nitrogens with two attached hydrogens (primary N) is 1. The largest absolute Gasteiger partial charge is 0.496 e. The third kappa shape index (κ3) is 3.49. The number of rotatable bonds is 3. The van der Waals surface area contributed by atoms with Crippen molar-refractivity contribution in [1.29, 1.82) is 0 Å². The lowest BCUT2D eigenvalue weighted by Gasteiger charge is -2.12. The fraction of sp³-hybridized carbons (Fsp3) is 0.133. The van der Waals surface area contributed by atoms with Gasteiger partial charge in [-0.15, -0.1) is 0 Å². The molecule has 0 spiro atoms. The number of anilines is 2. The van der Waals surface area contributed by atoms with Gasteiger partial charge in [0.15, 0.2) is 0 Å². The summed E-state index contributed by atoms with van der Waals surface area (Å²) in [5, 5.41) is 3.30. The lowest BCUT2D eigenvalue weighted by atomic mass is 10.1. The van der Waals surface area contributed by atoms with Crippen LogP contribution in [0, 0.1) is 6.92 Å². The maximum atomic E-state index is 12.4. The number of hydrogen-bond acceptors (Lipinski definition) is 3. The highest BCUT2D eigenvalue weighted by Gasteiger charge is 2.14. The Labute approximate surface area is 136 Å². The maximum Gasteiger partial charge on any atom is 0.259 e. The van der Waals surface area contributed by atoms with Crippen molar-refractivity contribution in [3.05, 3.63) is 51.0 Å². The predicted molar refractivity (Wildman–Crippen MR) is 89.2 cm³/mol. The lowest BCUT2D eigenvalue weighted by molar-refractivity contribution is 0.102. The standard InChI is InChI=1S/C15H14BrClN2O2/c1-8-5-11(16)13(7-12(8)18)19-15(20)10-4-3-9(17)6-14(10)21-2/h3-7H,18H2,1-2H3,(H,19,20). The molecule has 0 aliphatic carbocycles. The number of carbonyl (C=O) groups is 1. The molecule has 0 heterocycles. The number of methoxy groups -OCH3 is 1. The smallest absolute Gasteiger partial charge is 0.259 e. The first-order valence-corrected chi connectivity index (χ1v) is 7.30. The molecule has 21 heavy (non-hydrogen) atoms. The Morgan fingerprint density at radius 2 is 2.05 bits per heavy atom. The molecule has 0 aliphatic heterocycles. The summed E-state index contributed by atoms with van der Waals surface area (Å²) < 4.78 is 5.94. The zero-order valence-electron chi connectivity index (χ0n) is 11.5. The normalized spacial score (nSPS) is 10.3. The molecule has 0 bridgehead atoms. The molecule has 1 amide bonds. The Morgan fingerprint density at radius 1 is 1.33 bits per heavy atom. The molecule has 2 rings (SSSR count). The van der Waals surface area contributed by atoms with Crippen LogP contribution in [0.5, 0.6) is 5.75 Å². The molecule has 0 radical (unpaired) electrons.